The molecule has 1 unspecified atom stereocenters. The Morgan fingerprint density at radius 2 is 2.25 bits per heavy atom. The third kappa shape index (κ3) is 1.77. The van der Waals surface area contributed by atoms with Crippen molar-refractivity contribution in [3.05, 3.63) is 28.2 Å². The molecule has 0 radical (unpaired) electrons. The number of halogens is 1. The normalized spacial score (nSPS) is 12.1. The molecule has 0 bridgehead atoms. The number of hydrogen-bond donors (Lipinski definition) is 1. The number of phenolic OH excluding ortho intramolecular Hbond substituents is 1. The predicted molar refractivity (Wildman–Crippen MR) is 49.8 cm³/mol. The van der Waals surface area contributed by atoms with E-state index in [9.17, 15) is 5.11 Å². The lowest BCUT2D eigenvalue weighted by atomic mass is 10.0. The van der Waals surface area contributed by atoms with E-state index in [1.54, 1.807) is 19.1 Å². The SMILES string of the molecule is CC(C#N)c1ccc(Br)c(O)c1. The maximum atomic E-state index is 9.29. The Bertz CT molecular complexity index is 330. The van der Waals surface area contributed by atoms with E-state index in [0.29, 0.717) is 4.47 Å². The largest absolute Gasteiger partial charge is 0.507 e. The molecule has 2 nitrogen and oxygen atoms in total. The maximum absolute atomic E-state index is 9.29. The Morgan fingerprint density at radius 1 is 1.58 bits per heavy atom. The van der Waals surface area contributed by atoms with Crippen LogP contribution < -0.4 is 0 Å². The second-order valence-electron chi connectivity index (χ2n) is 2.56. The maximum Gasteiger partial charge on any atom is 0.130 e. The highest BCUT2D eigenvalue weighted by Gasteiger charge is 2.05. The van der Waals surface area contributed by atoms with E-state index in [-0.39, 0.29) is 11.7 Å². The molecule has 0 fully saturated rings. The van der Waals surface area contributed by atoms with Crippen LogP contribution in [-0.4, -0.2) is 5.11 Å². The molecule has 1 N–H and O–H groups in total. The highest BCUT2D eigenvalue weighted by molar-refractivity contribution is 9.10. The number of phenols is 1. The summed E-state index contributed by atoms with van der Waals surface area (Å²) >= 11 is 3.17. The number of aromatic hydroxyl groups is 1. The Labute approximate surface area is 79.6 Å². The van der Waals surface area contributed by atoms with E-state index >= 15 is 0 Å². The molecule has 0 amide bonds. The molecule has 62 valence electrons. The van der Waals surface area contributed by atoms with Crippen LogP contribution in [0.2, 0.25) is 0 Å². The Kier molecular flexibility index (Phi) is 2.72. The minimum atomic E-state index is -0.177. The summed E-state index contributed by atoms with van der Waals surface area (Å²) in [4.78, 5) is 0. The second kappa shape index (κ2) is 3.59. The minimum absolute atomic E-state index is 0.176. The highest BCUT2D eigenvalue weighted by atomic mass is 79.9. The van der Waals surface area contributed by atoms with Crippen molar-refractivity contribution < 1.29 is 5.11 Å². The first-order valence-corrected chi connectivity index (χ1v) is 4.32. The highest BCUT2D eigenvalue weighted by Crippen LogP contribution is 2.27. The minimum Gasteiger partial charge on any atom is -0.507 e. The summed E-state index contributed by atoms with van der Waals surface area (Å²) in [5.74, 6) is -0.00130. The van der Waals surface area contributed by atoms with Crippen molar-refractivity contribution in [2.24, 2.45) is 0 Å². The molecule has 1 aromatic rings. The molecule has 0 heterocycles. The number of hydrogen-bond acceptors (Lipinski definition) is 2. The standard InChI is InChI=1S/C9H8BrNO/c1-6(5-11)7-2-3-8(10)9(12)4-7/h2-4,6,12H,1H3. The van der Waals surface area contributed by atoms with Gasteiger partial charge in [0, 0.05) is 0 Å². The first-order chi connectivity index (χ1) is 5.65. The molecule has 3 heteroatoms. The molecule has 1 rings (SSSR count). The summed E-state index contributed by atoms with van der Waals surface area (Å²) in [7, 11) is 0. The fraction of sp³-hybridized carbons (Fsp3) is 0.222. The third-order valence-electron chi connectivity index (χ3n) is 1.66. The van der Waals surface area contributed by atoms with Gasteiger partial charge in [-0.3, -0.25) is 0 Å². The van der Waals surface area contributed by atoms with Crippen LogP contribution in [0, 0.1) is 11.3 Å². The van der Waals surface area contributed by atoms with E-state index in [4.69, 9.17) is 5.26 Å². The Morgan fingerprint density at radius 3 is 2.75 bits per heavy atom. The Hall–Kier alpha value is -1.01. The zero-order valence-electron chi connectivity index (χ0n) is 6.58. The lowest BCUT2D eigenvalue weighted by molar-refractivity contribution is 0.471. The second-order valence-corrected chi connectivity index (χ2v) is 3.42. The van der Waals surface area contributed by atoms with Crippen molar-refractivity contribution in [2.45, 2.75) is 12.8 Å². The van der Waals surface area contributed by atoms with Crippen LogP contribution in [0.3, 0.4) is 0 Å². The van der Waals surface area contributed by atoms with Gasteiger partial charge in [-0.15, -0.1) is 0 Å². The molecule has 0 aliphatic carbocycles. The Balaban J connectivity index is 3.06. The van der Waals surface area contributed by atoms with Gasteiger partial charge in [-0.2, -0.15) is 5.26 Å². The molecule has 0 saturated heterocycles. The van der Waals surface area contributed by atoms with E-state index in [2.05, 4.69) is 22.0 Å². The van der Waals surface area contributed by atoms with Crippen molar-refractivity contribution >= 4 is 15.9 Å². The number of nitrogens with zero attached hydrogens (tertiary/aromatic N) is 1. The van der Waals surface area contributed by atoms with Gasteiger partial charge in [0.2, 0.25) is 0 Å². The molecule has 1 aromatic carbocycles. The van der Waals surface area contributed by atoms with E-state index in [0.717, 1.165) is 5.56 Å². The predicted octanol–water partition coefficient (Wildman–Crippen LogP) is 2.78. The van der Waals surface area contributed by atoms with Crippen molar-refractivity contribution in [3.63, 3.8) is 0 Å². The van der Waals surface area contributed by atoms with Gasteiger partial charge >= 0.3 is 0 Å². The van der Waals surface area contributed by atoms with Gasteiger partial charge in [-0.1, -0.05) is 6.07 Å². The van der Waals surface area contributed by atoms with Gasteiger partial charge in [0.15, 0.2) is 0 Å². The summed E-state index contributed by atoms with van der Waals surface area (Å²) in [6.45, 7) is 1.79. The van der Waals surface area contributed by atoms with Gasteiger partial charge in [0.25, 0.3) is 0 Å². The van der Waals surface area contributed by atoms with Crippen LogP contribution in [0.5, 0.6) is 5.75 Å². The lowest BCUT2D eigenvalue weighted by Gasteiger charge is -2.03. The molecule has 0 aromatic heterocycles. The van der Waals surface area contributed by atoms with Crippen LogP contribution in [0.4, 0.5) is 0 Å². The van der Waals surface area contributed by atoms with Crippen LogP contribution in [0.25, 0.3) is 0 Å². The first-order valence-electron chi connectivity index (χ1n) is 3.53. The molecule has 0 spiro atoms. The summed E-state index contributed by atoms with van der Waals surface area (Å²) in [6, 6.07) is 7.25. The van der Waals surface area contributed by atoms with Gasteiger partial charge in [0.05, 0.1) is 16.5 Å². The van der Waals surface area contributed by atoms with Crippen molar-refractivity contribution in [3.8, 4) is 11.8 Å². The number of nitriles is 1. The van der Waals surface area contributed by atoms with Gasteiger partial charge < -0.3 is 5.11 Å². The number of rotatable bonds is 1. The fourth-order valence-electron chi connectivity index (χ4n) is 0.874. The molecular formula is C9H8BrNO. The van der Waals surface area contributed by atoms with E-state index in [1.807, 2.05) is 6.07 Å². The lowest BCUT2D eigenvalue weighted by Crippen LogP contribution is -1.88. The van der Waals surface area contributed by atoms with E-state index < -0.39 is 0 Å². The molecule has 0 aliphatic rings. The zero-order chi connectivity index (χ0) is 9.14. The first kappa shape index (κ1) is 9.08. The van der Waals surface area contributed by atoms with Crippen LogP contribution in [0.15, 0.2) is 22.7 Å². The van der Waals surface area contributed by atoms with Gasteiger partial charge in [0.1, 0.15) is 5.75 Å². The van der Waals surface area contributed by atoms with Crippen LogP contribution >= 0.6 is 15.9 Å². The van der Waals surface area contributed by atoms with Crippen molar-refractivity contribution in [2.75, 3.05) is 0 Å². The summed E-state index contributed by atoms with van der Waals surface area (Å²) in [5, 5.41) is 17.9. The molecule has 0 saturated carbocycles. The molecule has 0 aliphatic heterocycles. The smallest absolute Gasteiger partial charge is 0.130 e. The summed E-state index contributed by atoms with van der Waals surface area (Å²) in [6.07, 6.45) is 0. The average Bonchev–Trinajstić information content (AvgIpc) is 2.08. The van der Waals surface area contributed by atoms with Crippen molar-refractivity contribution in [1.82, 2.24) is 0 Å². The van der Waals surface area contributed by atoms with Crippen LogP contribution in [-0.2, 0) is 0 Å². The molecule has 1 atom stereocenters. The fourth-order valence-corrected chi connectivity index (χ4v) is 1.12. The van der Waals surface area contributed by atoms with Gasteiger partial charge in [-0.05, 0) is 40.5 Å². The van der Waals surface area contributed by atoms with Crippen LogP contribution in [0.1, 0.15) is 18.4 Å². The van der Waals surface area contributed by atoms with E-state index in [1.165, 1.54) is 0 Å². The summed E-state index contributed by atoms with van der Waals surface area (Å²) in [5.41, 5.74) is 0.832. The third-order valence-corrected chi connectivity index (χ3v) is 2.33. The summed E-state index contributed by atoms with van der Waals surface area (Å²) < 4.78 is 0.649. The average molecular weight is 226 g/mol. The molecular weight excluding hydrogens is 218 g/mol. The van der Waals surface area contributed by atoms with Gasteiger partial charge in [-0.25, -0.2) is 0 Å². The topological polar surface area (TPSA) is 44.0 Å². The van der Waals surface area contributed by atoms with Crippen molar-refractivity contribution in [1.29, 1.82) is 5.26 Å². The monoisotopic (exact) mass is 225 g/mol. The zero-order valence-corrected chi connectivity index (χ0v) is 8.17. The quantitative estimate of drug-likeness (QED) is 0.799. The number of benzene rings is 1. The molecule has 12 heavy (non-hydrogen) atoms.